The molecule has 0 atom stereocenters. The minimum absolute atomic E-state index is 0.513. The fourth-order valence-corrected chi connectivity index (χ4v) is 2.54. The van der Waals surface area contributed by atoms with E-state index >= 15 is 0 Å². The molecule has 1 aliphatic rings. The van der Waals surface area contributed by atoms with Crippen LogP contribution in [0.5, 0.6) is 0 Å². The van der Waals surface area contributed by atoms with E-state index in [4.69, 9.17) is 5.73 Å². The van der Waals surface area contributed by atoms with Crippen molar-refractivity contribution in [1.29, 1.82) is 0 Å². The molecule has 2 N–H and O–H groups in total. The van der Waals surface area contributed by atoms with Crippen molar-refractivity contribution in [2.45, 2.75) is 33.1 Å². The number of hydrogen-bond acceptors (Lipinski definition) is 2. The van der Waals surface area contributed by atoms with Crippen LogP contribution in [-0.2, 0) is 6.42 Å². The summed E-state index contributed by atoms with van der Waals surface area (Å²) in [6.07, 6.45) is 3.55. The number of para-hydroxylation sites is 1. The summed E-state index contributed by atoms with van der Waals surface area (Å²) in [5.41, 5.74) is 8.99. The predicted octanol–water partition coefficient (Wildman–Crippen LogP) is 2.81. The average Bonchev–Trinajstić information content (AvgIpc) is 2.31. The van der Waals surface area contributed by atoms with Crippen LogP contribution in [0, 0.1) is 5.41 Å². The van der Waals surface area contributed by atoms with E-state index in [1.807, 2.05) is 0 Å². The minimum Gasteiger partial charge on any atom is -0.371 e. The van der Waals surface area contributed by atoms with E-state index in [9.17, 15) is 0 Å². The molecular weight excluding hydrogens is 208 g/mol. The van der Waals surface area contributed by atoms with Gasteiger partial charge in [0.25, 0.3) is 0 Å². The van der Waals surface area contributed by atoms with E-state index in [1.54, 1.807) is 0 Å². The molecule has 0 aromatic heterocycles. The molecule has 1 aliphatic heterocycles. The van der Waals surface area contributed by atoms with Crippen LogP contribution in [-0.4, -0.2) is 19.6 Å². The molecule has 1 aromatic carbocycles. The molecule has 2 heteroatoms. The smallest absolute Gasteiger partial charge is 0.0399 e. The first kappa shape index (κ1) is 12.4. The summed E-state index contributed by atoms with van der Waals surface area (Å²) in [5, 5.41) is 0. The molecule has 0 amide bonds. The van der Waals surface area contributed by atoms with Gasteiger partial charge >= 0.3 is 0 Å². The Hall–Kier alpha value is -1.02. The first-order valence-electron chi connectivity index (χ1n) is 6.65. The van der Waals surface area contributed by atoms with Crippen molar-refractivity contribution < 1.29 is 0 Å². The Morgan fingerprint density at radius 1 is 1.18 bits per heavy atom. The van der Waals surface area contributed by atoms with Crippen LogP contribution in [0.25, 0.3) is 0 Å². The van der Waals surface area contributed by atoms with Crippen LogP contribution in [0.1, 0.15) is 32.3 Å². The van der Waals surface area contributed by atoms with Crippen LogP contribution in [0.2, 0.25) is 0 Å². The number of nitrogens with zero attached hydrogens (tertiary/aromatic N) is 1. The fraction of sp³-hybridized carbons (Fsp3) is 0.600. The molecule has 1 aromatic rings. The highest BCUT2D eigenvalue weighted by Gasteiger charge is 2.26. The van der Waals surface area contributed by atoms with Crippen molar-refractivity contribution in [2.24, 2.45) is 11.1 Å². The van der Waals surface area contributed by atoms with Gasteiger partial charge in [-0.05, 0) is 42.9 Å². The Labute approximate surface area is 105 Å². The summed E-state index contributed by atoms with van der Waals surface area (Å²) < 4.78 is 0. The second-order valence-corrected chi connectivity index (χ2v) is 5.82. The maximum absolute atomic E-state index is 5.68. The zero-order valence-electron chi connectivity index (χ0n) is 11.1. The standard InChI is InChI=1S/C15H24N2/c1-15(2)8-11-17(12-9-15)14-6-4-3-5-13(14)7-10-16/h3-6H,7-12,16H2,1-2H3. The maximum atomic E-state index is 5.68. The summed E-state index contributed by atoms with van der Waals surface area (Å²) in [6.45, 7) is 7.83. The van der Waals surface area contributed by atoms with Gasteiger partial charge in [-0.25, -0.2) is 0 Å². The summed E-state index contributed by atoms with van der Waals surface area (Å²) in [7, 11) is 0. The van der Waals surface area contributed by atoms with E-state index in [0.717, 1.165) is 13.0 Å². The second-order valence-electron chi connectivity index (χ2n) is 5.82. The first-order valence-corrected chi connectivity index (χ1v) is 6.65. The van der Waals surface area contributed by atoms with Crippen LogP contribution in [0.15, 0.2) is 24.3 Å². The second kappa shape index (κ2) is 5.09. The van der Waals surface area contributed by atoms with Crippen LogP contribution in [0.3, 0.4) is 0 Å². The third-order valence-electron chi connectivity index (χ3n) is 3.86. The summed E-state index contributed by atoms with van der Waals surface area (Å²) in [5.74, 6) is 0. The Balaban J connectivity index is 2.12. The molecule has 1 saturated heterocycles. The third kappa shape index (κ3) is 3.01. The molecule has 94 valence electrons. The highest BCUT2D eigenvalue weighted by atomic mass is 15.1. The van der Waals surface area contributed by atoms with Crippen molar-refractivity contribution in [3.63, 3.8) is 0 Å². The Morgan fingerprint density at radius 3 is 2.47 bits per heavy atom. The number of hydrogen-bond donors (Lipinski definition) is 1. The number of anilines is 1. The Morgan fingerprint density at radius 2 is 1.82 bits per heavy atom. The largest absolute Gasteiger partial charge is 0.371 e. The number of piperidine rings is 1. The van der Waals surface area contributed by atoms with Crippen molar-refractivity contribution in [3.05, 3.63) is 29.8 Å². The molecule has 2 nitrogen and oxygen atoms in total. The van der Waals surface area contributed by atoms with Crippen LogP contribution in [0.4, 0.5) is 5.69 Å². The molecule has 0 radical (unpaired) electrons. The van der Waals surface area contributed by atoms with Gasteiger partial charge in [-0.15, -0.1) is 0 Å². The zero-order valence-corrected chi connectivity index (χ0v) is 11.1. The molecule has 2 rings (SSSR count). The van der Waals surface area contributed by atoms with Gasteiger partial charge in [0.1, 0.15) is 0 Å². The Bertz CT molecular complexity index is 361. The first-order chi connectivity index (χ1) is 8.12. The van der Waals surface area contributed by atoms with E-state index in [0.29, 0.717) is 5.41 Å². The molecule has 0 bridgehead atoms. The van der Waals surface area contributed by atoms with E-state index < -0.39 is 0 Å². The van der Waals surface area contributed by atoms with E-state index in [-0.39, 0.29) is 0 Å². The van der Waals surface area contributed by atoms with Crippen molar-refractivity contribution in [3.8, 4) is 0 Å². The number of rotatable bonds is 3. The zero-order chi connectivity index (χ0) is 12.3. The maximum Gasteiger partial charge on any atom is 0.0399 e. The van der Waals surface area contributed by atoms with Gasteiger partial charge in [-0.1, -0.05) is 32.0 Å². The van der Waals surface area contributed by atoms with E-state index in [2.05, 4.69) is 43.0 Å². The van der Waals surface area contributed by atoms with Gasteiger partial charge in [0.2, 0.25) is 0 Å². The van der Waals surface area contributed by atoms with Crippen molar-refractivity contribution >= 4 is 5.69 Å². The minimum atomic E-state index is 0.513. The number of nitrogens with two attached hydrogens (primary N) is 1. The van der Waals surface area contributed by atoms with Crippen LogP contribution >= 0.6 is 0 Å². The quantitative estimate of drug-likeness (QED) is 0.868. The molecule has 0 unspecified atom stereocenters. The monoisotopic (exact) mass is 232 g/mol. The lowest BCUT2D eigenvalue weighted by Gasteiger charge is -2.39. The molecule has 0 saturated carbocycles. The Kier molecular flexibility index (Phi) is 3.72. The molecule has 1 heterocycles. The van der Waals surface area contributed by atoms with Crippen LogP contribution < -0.4 is 10.6 Å². The van der Waals surface area contributed by atoms with Gasteiger partial charge in [-0.3, -0.25) is 0 Å². The molecule has 0 aliphatic carbocycles. The summed E-state index contributed by atoms with van der Waals surface area (Å²) in [4.78, 5) is 2.52. The topological polar surface area (TPSA) is 29.3 Å². The number of benzene rings is 1. The van der Waals surface area contributed by atoms with E-state index in [1.165, 1.54) is 37.2 Å². The summed E-state index contributed by atoms with van der Waals surface area (Å²) in [6, 6.07) is 8.70. The predicted molar refractivity (Wildman–Crippen MR) is 74.4 cm³/mol. The SMILES string of the molecule is CC1(C)CCN(c2ccccc2CCN)CC1. The van der Waals surface area contributed by atoms with Gasteiger partial charge in [0.05, 0.1) is 0 Å². The molecule has 0 spiro atoms. The lowest BCUT2D eigenvalue weighted by molar-refractivity contribution is 0.279. The third-order valence-corrected chi connectivity index (χ3v) is 3.86. The van der Waals surface area contributed by atoms with Gasteiger partial charge in [-0.2, -0.15) is 0 Å². The molecular formula is C15H24N2. The van der Waals surface area contributed by atoms with Gasteiger partial charge < -0.3 is 10.6 Å². The van der Waals surface area contributed by atoms with Crippen molar-refractivity contribution in [2.75, 3.05) is 24.5 Å². The molecule has 1 fully saturated rings. The summed E-state index contributed by atoms with van der Waals surface area (Å²) >= 11 is 0. The lowest BCUT2D eigenvalue weighted by atomic mass is 9.82. The average molecular weight is 232 g/mol. The van der Waals surface area contributed by atoms with Gasteiger partial charge in [0, 0.05) is 18.8 Å². The fourth-order valence-electron chi connectivity index (χ4n) is 2.54. The normalized spacial score (nSPS) is 19.4. The van der Waals surface area contributed by atoms with Gasteiger partial charge in [0.15, 0.2) is 0 Å². The highest BCUT2D eigenvalue weighted by molar-refractivity contribution is 5.54. The lowest BCUT2D eigenvalue weighted by Crippen LogP contribution is -2.37. The highest BCUT2D eigenvalue weighted by Crippen LogP contribution is 2.33. The molecule has 17 heavy (non-hydrogen) atoms. The van der Waals surface area contributed by atoms with Crippen molar-refractivity contribution in [1.82, 2.24) is 0 Å².